The minimum atomic E-state index is -1.26. The van der Waals surface area contributed by atoms with Crippen LogP contribution in [0.2, 0.25) is 0 Å². The highest BCUT2D eigenvalue weighted by molar-refractivity contribution is 6.17. The molecule has 0 spiro atoms. The Morgan fingerprint density at radius 3 is 2.40 bits per heavy atom. The molecule has 0 aliphatic rings. The highest BCUT2D eigenvalue weighted by Crippen LogP contribution is 2.12. The minimum Gasteiger partial charge on any atom is -0.481 e. The second-order valence-corrected chi connectivity index (χ2v) is 4.34. The Hall–Kier alpha value is -2.08. The van der Waals surface area contributed by atoms with Gasteiger partial charge in [-0.1, -0.05) is 18.2 Å². The van der Waals surface area contributed by atoms with E-state index in [2.05, 4.69) is 5.43 Å². The highest BCUT2D eigenvalue weighted by Gasteiger charge is 2.20. The second-order valence-electron chi connectivity index (χ2n) is 3.96. The summed E-state index contributed by atoms with van der Waals surface area (Å²) in [6, 6.07) is 8.31. The van der Waals surface area contributed by atoms with Crippen LogP contribution in [0.3, 0.4) is 0 Å². The molecule has 20 heavy (non-hydrogen) atoms. The van der Waals surface area contributed by atoms with E-state index in [1.54, 1.807) is 30.3 Å². The number of carboxylic acids is 1. The number of amides is 2. The Morgan fingerprint density at radius 2 is 1.85 bits per heavy atom. The molecule has 1 aromatic carbocycles. The molecule has 0 saturated carbocycles. The van der Waals surface area contributed by atoms with Gasteiger partial charge in [0.2, 0.25) is 5.91 Å². The molecule has 2 N–H and O–H groups in total. The first-order chi connectivity index (χ1) is 9.54. The van der Waals surface area contributed by atoms with Gasteiger partial charge in [0.05, 0.1) is 5.69 Å². The van der Waals surface area contributed by atoms with Gasteiger partial charge in [-0.25, -0.2) is 5.01 Å². The van der Waals surface area contributed by atoms with Crippen molar-refractivity contribution in [3.8, 4) is 0 Å². The highest BCUT2D eigenvalue weighted by atomic mass is 35.5. The summed E-state index contributed by atoms with van der Waals surface area (Å²) in [5.74, 6) is -2.04. The second kappa shape index (κ2) is 8.16. The standard InChI is InChI=1S/C13H15ClN2O4/c14-8-4-7-11(17)15-16(12(18)9-13(19)20)10-5-2-1-3-6-10/h1-3,5-6H,4,7-9H2,(H,15,17)(H,19,20). The van der Waals surface area contributed by atoms with Crippen LogP contribution in [-0.2, 0) is 14.4 Å². The molecule has 0 aliphatic heterocycles. The number of hydrogen-bond acceptors (Lipinski definition) is 3. The molecule has 1 rings (SSSR count). The van der Waals surface area contributed by atoms with Gasteiger partial charge < -0.3 is 5.11 Å². The van der Waals surface area contributed by atoms with Crippen LogP contribution in [0.5, 0.6) is 0 Å². The van der Waals surface area contributed by atoms with E-state index in [1.165, 1.54) is 0 Å². The van der Waals surface area contributed by atoms with Crippen molar-refractivity contribution in [3.05, 3.63) is 30.3 Å². The average Bonchev–Trinajstić information content (AvgIpc) is 2.42. The van der Waals surface area contributed by atoms with Crippen molar-refractivity contribution >= 4 is 35.1 Å². The molecule has 108 valence electrons. The van der Waals surface area contributed by atoms with Crippen LogP contribution in [0, 0.1) is 0 Å². The number of para-hydroxylation sites is 1. The monoisotopic (exact) mass is 298 g/mol. The molecule has 2 amide bonds. The molecule has 0 fully saturated rings. The lowest BCUT2D eigenvalue weighted by Gasteiger charge is -2.22. The predicted molar refractivity (Wildman–Crippen MR) is 74.3 cm³/mol. The van der Waals surface area contributed by atoms with Crippen molar-refractivity contribution in [2.75, 3.05) is 10.9 Å². The molecule has 7 heteroatoms. The number of nitrogens with one attached hydrogen (secondary N) is 1. The average molecular weight is 299 g/mol. The van der Waals surface area contributed by atoms with E-state index in [-0.39, 0.29) is 6.42 Å². The lowest BCUT2D eigenvalue weighted by Crippen LogP contribution is -2.47. The number of alkyl halides is 1. The van der Waals surface area contributed by atoms with Crippen LogP contribution in [0.25, 0.3) is 0 Å². The number of rotatable bonds is 6. The van der Waals surface area contributed by atoms with Crippen LogP contribution in [0.15, 0.2) is 30.3 Å². The van der Waals surface area contributed by atoms with Gasteiger partial charge >= 0.3 is 5.97 Å². The molecule has 0 bridgehead atoms. The van der Waals surface area contributed by atoms with Crippen LogP contribution >= 0.6 is 11.6 Å². The van der Waals surface area contributed by atoms with E-state index >= 15 is 0 Å². The number of carbonyl (C=O) groups is 3. The van der Waals surface area contributed by atoms with Crippen molar-refractivity contribution in [2.45, 2.75) is 19.3 Å². The molecule has 0 radical (unpaired) electrons. The van der Waals surface area contributed by atoms with E-state index in [1.807, 2.05) is 0 Å². The number of aliphatic carboxylic acids is 1. The largest absolute Gasteiger partial charge is 0.481 e. The van der Waals surface area contributed by atoms with E-state index < -0.39 is 24.2 Å². The number of hydrazine groups is 1. The molecule has 0 atom stereocenters. The number of carboxylic acid groups (broad SMARTS) is 1. The smallest absolute Gasteiger partial charge is 0.312 e. The first kappa shape index (κ1) is 16.0. The quantitative estimate of drug-likeness (QED) is 0.474. The van der Waals surface area contributed by atoms with Gasteiger partial charge in [0.15, 0.2) is 0 Å². The SMILES string of the molecule is O=C(O)CC(=O)N(NC(=O)CCCCl)c1ccccc1. The minimum absolute atomic E-state index is 0.160. The third-order valence-electron chi connectivity index (χ3n) is 2.34. The summed E-state index contributed by atoms with van der Waals surface area (Å²) in [5, 5.41) is 9.63. The zero-order valence-electron chi connectivity index (χ0n) is 10.7. The number of carbonyl (C=O) groups excluding carboxylic acids is 2. The van der Waals surface area contributed by atoms with Crippen molar-refractivity contribution in [1.82, 2.24) is 5.43 Å². The van der Waals surface area contributed by atoms with Gasteiger partial charge in [0.1, 0.15) is 6.42 Å². The molecule has 6 nitrogen and oxygen atoms in total. The van der Waals surface area contributed by atoms with E-state index in [9.17, 15) is 14.4 Å². The Morgan fingerprint density at radius 1 is 1.20 bits per heavy atom. The molecule has 0 aromatic heterocycles. The fourth-order valence-corrected chi connectivity index (χ4v) is 1.60. The maximum Gasteiger partial charge on any atom is 0.312 e. The number of halogens is 1. The molecule has 0 unspecified atom stereocenters. The first-order valence-electron chi connectivity index (χ1n) is 6.00. The maximum atomic E-state index is 11.9. The summed E-state index contributed by atoms with van der Waals surface area (Å²) in [6.45, 7) is 0. The Kier molecular flexibility index (Phi) is 6.52. The Labute approximate surface area is 121 Å². The number of nitrogens with zero attached hydrogens (tertiary/aromatic N) is 1. The van der Waals surface area contributed by atoms with E-state index in [4.69, 9.17) is 16.7 Å². The van der Waals surface area contributed by atoms with Crippen LogP contribution < -0.4 is 10.4 Å². The summed E-state index contributed by atoms with van der Waals surface area (Å²) in [7, 11) is 0. The summed E-state index contributed by atoms with van der Waals surface area (Å²) in [5.41, 5.74) is 2.80. The zero-order chi connectivity index (χ0) is 15.0. The fourth-order valence-electron chi connectivity index (χ4n) is 1.46. The maximum absolute atomic E-state index is 11.9. The fraction of sp³-hybridized carbons (Fsp3) is 0.308. The number of benzene rings is 1. The summed E-state index contributed by atoms with van der Waals surface area (Å²) in [6.07, 6.45) is -0.0684. The van der Waals surface area contributed by atoms with Gasteiger partial charge in [0.25, 0.3) is 5.91 Å². The molecule has 1 aromatic rings. The molecular weight excluding hydrogens is 284 g/mol. The third-order valence-corrected chi connectivity index (χ3v) is 2.61. The van der Waals surface area contributed by atoms with Gasteiger partial charge in [-0.2, -0.15) is 0 Å². The van der Waals surface area contributed by atoms with Gasteiger partial charge in [-0.15, -0.1) is 11.6 Å². The van der Waals surface area contributed by atoms with Crippen molar-refractivity contribution in [2.24, 2.45) is 0 Å². The van der Waals surface area contributed by atoms with Gasteiger partial charge in [-0.05, 0) is 18.6 Å². The third kappa shape index (κ3) is 5.27. The topological polar surface area (TPSA) is 86.7 Å². The first-order valence-corrected chi connectivity index (χ1v) is 6.53. The summed E-state index contributed by atoms with van der Waals surface area (Å²) in [4.78, 5) is 34.2. The van der Waals surface area contributed by atoms with Crippen LogP contribution in [0.4, 0.5) is 5.69 Å². The van der Waals surface area contributed by atoms with E-state index in [0.29, 0.717) is 18.0 Å². The zero-order valence-corrected chi connectivity index (χ0v) is 11.5. The van der Waals surface area contributed by atoms with Gasteiger partial charge in [-0.3, -0.25) is 19.8 Å². The normalized spacial score (nSPS) is 9.85. The lowest BCUT2D eigenvalue weighted by molar-refractivity contribution is -0.140. The van der Waals surface area contributed by atoms with E-state index in [0.717, 1.165) is 5.01 Å². The van der Waals surface area contributed by atoms with Crippen LogP contribution in [0.1, 0.15) is 19.3 Å². The summed E-state index contributed by atoms with van der Waals surface area (Å²) < 4.78 is 0. The molecule has 0 saturated heterocycles. The Bertz CT molecular complexity index is 479. The predicted octanol–water partition coefficient (Wildman–Crippen LogP) is 1.54. The van der Waals surface area contributed by atoms with Crippen molar-refractivity contribution in [1.29, 1.82) is 0 Å². The molecule has 0 aliphatic carbocycles. The van der Waals surface area contributed by atoms with Gasteiger partial charge in [0, 0.05) is 12.3 Å². The summed E-state index contributed by atoms with van der Waals surface area (Å²) >= 11 is 5.49. The van der Waals surface area contributed by atoms with Crippen molar-refractivity contribution in [3.63, 3.8) is 0 Å². The van der Waals surface area contributed by atoms with Crippen LogP contribution in [-0.4, -0.2) is 28.8 Å². The lowest BCUT2D eigenvalue weighted by atomic mass is 10.3. The Balaban J connectivity index is 2.82. The number of hydrogen-bond donors (Lipinski definition) is 2. The van der Waals surface area contributed by atoms with Crippen molar-refractivity contribution < 1.29 is 19.5 Å². The number of anilines is 1. The molecular formula is C13H15ClN2O4. The molecule has 0 heterocycles.